The first kappa shape index (κ1) is 22.1. The van der Waals surface area contributed by atoms with E-state index in [1.807, 2.05) is 24.3 Å². The van der Waals surface area contributed by atoms with E-state index in [0.717, 1.165) is 23.7 Å². The molecule has 1 amide bonds. The van der Waals surface area contributed by atoms with Gasteiger partial charge in [0.2, 0.25) is 0 Å². The number of nitrogens with one attached hydrogen (secondary N) is 1. The number of rotatable bonds is 8. The van der Waals surface area contributed by atoms with Crippen molar-refractivity contribution in [3.05, 3.63) is 54.3 Å². The van der Waals surface area contributed by atoms with Crippen molar-refractivity contribution in [2.45, 2.75) is 24.3 Å². The summed E-state index contributed by atoms with van der Waals surface area (Å²) in [5.41, 5.74) is 1.72. The molecule has 8 heteroatoms. The first-order valence-electron chi connectivity index (χ1n) is 9.83. The first-order chi connectivity index (χ1) is 14.5. The van der Waals surface area contributed by atoms with Gasteiger partial charge in [-0.05, 0) is 55.5 Å². The SMILES string of the molecule is CC(OC(=O)CCSc1ccc(F)cc1)C(=O)Nc1ccc(N2CCOCC2)cc1. The van der Waals surface area contributed by atoms with Crippen molar-refractivity contribution in [3.8, 4) is 0 Å². The minimum Gasteiger partial charge on any atom is -0.453 e. The number of carbonyl (C=O) groups is 2. The minimum absolute atomic E-state index is 0.161. The van der Waals surface area contributed by atoms with E-state index in [1.54, 1.807) is 19.1 Å². The zero-order chi connectivity index (χ0) is 21.3. The maximum Gasteiger partial charge on any atom is 0.307 e. The number of halogens is 1. The van der Waals surface area contributed by atoms with Crippen LogP contribution >= 0.6 is 11.8 Å². The molecule has 1 N–H and O–H groups in total. The third kappa shape index (κ3) is 6.74. The number of ether oxygens (including phenoxy) is 2. The fourth-order valence-corrected chi connectivity index (χ4v) is 3.75. The normalized spacial score (nSPS) is 14.8. The molecule has 1 aliphatic rings. The molecule has 1 aliphatic heterocycles. The average Bonchev–Trinajstić information content (AvgIpc) is 2.76. The van der Waals surface area contributed by atoms with Crippen molar-refractivity contribution >= 4 is 35.0 Å². The largest absolute Gasteiger partial charge is 0.453 e. The smallest absolute Gasteiger partial charge is 0.307 e. The van der Waals surface area contributed by atoms with Gasteiger partial charge in [0.05, 0.1) is 19.6 Å². The zero-order valence-corrected chi connectivity index (χ0v) is 17.6. The van der Waals surface area contributed by atoms with Crippen molar-refractivity contribution < 1.29 is 23.5 Å². The maximum atomic E-state index is 12.9. The topological polar surface area (TPSA) is 67.9 Å². The van der Waals surface area contributed by atoms with Crippen molar-refractivity contribution in [1.29, 1.82) is 0 Å². The van der Waals surface area contributed by atoms with Crippen molar-refractivity contribution in [1.82, 2.24) is 0 Å². The van der Waals surface area contributed by atoms with Crippen LogP contribution in [0.5, 0.6) is 0 Å². The Kier molecular flexibility index (Phi) is 8.10. The molecule has 0 radical (unpaired) electrons. The van der Waals surface area contributed by atoms with E-state index in [-0.39, 0.29) is 18.1 Å². The minimum atomic E-state index is -0.896. The highest BCUT2D eigenvalue weighted by molar-refractivity contribution is 7.99. The second-order valence-electron chi connectivity index (χ2n) is 6.82. The van der Waals surface area contributed by atoms with Crippen LogP contribution in [-0.2, 0) is 19.1 Å². The Hall–Kier alpha value is -2.58. The van der Waals surface area contributed by atoms with Crippen LogP contribution in [0.3, 0.4) is 0 Å². The quantitative estimate of drug-likeness (QED) is 0.507. The molecule has 2 aromatic carbocycles. The summed E-state index contributed by atoms with van der Waals surface area (Å²) in [5.74, 6) is -0.639. The molecule has 1 unspecified atom stereocenters. The van der Waals surface area contributed by atoms with Crippen molar-refractivity contribution in [2.75, 3.05) is 42.3 Å². The van der Waals surface area contributed by atoms with E-state index >= 15 is 0 Å². The highest BCUT2D eigenvalue weighted by Crippen LogP contribution is 2.20. The second kappa shape index (κ2) is 11.0. The molecule has 0 aliphatic carbocycles. The van der Waals surface area contributed by atoms with Crippen molar-refractivity contribution in [2.24, 2.45) is 0 Å². The molecule has 30 heavy (non-hydrogen) atoms. The lowest BCUT2D eigenvalue weighted by Gasteiger charge is -2.28. The van der Waals surface area contributed by atoms with E-state index in [0.29, 0.717) is 24.7 Å². The Morgan fingerprint density at radius 1 is 1.13 bits per heavy atom. The number of carbonyl (C=O) groups excluding carboxylic acids is 2. The third-order valence-electron chi connectivity index (χ3n) is 4.58. The van der Waals surface area contributed by atoms with Gasteiger partial charge in [0.25, 0.3) is 5.91 Å². The molecule has 6 nitrogen and oxygen atoms in total. The highest BCUT2D eigenvalue weighted by atomic mass is 32.2. The lowest BCUT2D eigenvalue weighted by molar-refractivity contribution is -0.152. The van der Waals surface area contributed by atoms with E-state index < -0.39 is 12.1 Å². The predicted octanol–water partition coefficient (Wildman–Crippen LogP) is 3.71. The summed E-state index contributed by atoms with van der Waals surface area (Å²) in [6.07, 6.45) is -0.735. The number of hydrogen-bond donors (Lipinski definition) is 1. The third-order valence-corrected chi connectivity index (χ3v) is 5.59. The Labute approximate surface area is 179 Å². The molecule has 1 heterocycles. The summed E-state index contributed by atoms with van der Waals surface area (Å²) in [6, 6.07) is 13.6. The Morgan fingerprint density at radius 3 is 2.47 bits per heavy atom. The molecule has 1 fully saturated rings. The van der Waals surface area contributed by atoms with Gasteiger partial charge in [0.15, 0.2) is 6.10 Å². The van der Waals surface area contributed by atoms with E-state index in [9.17, 15) is 14.0 Å². The summed E-state index contributed by atoms with van der Waals surface area (Å²) >= 11 is 1.43. The number of esters is 1. The summed E-state index contributed by atoms with van der Waals surface area (Å²) in [7, 11) is 0. The molecule has 2 aromatic rings. The molecule has 1 atom stereocenters. The van der Waals surface area contributed by atoms with Gasteiger partial charge in [0, 0.05) is 35.1 Å². The molecule has 1 saturated heterocycles. The molecule has 0 spiro atoms. The number of hydrogen-bond acceptors (Lipinski definition) is 6. The summed E-state index contributed by atoms with van der Waals surface area (Å²) in [4.78, 5) is 27.4. The van der Waals surface area contributed by atoms with Crippen LogP contribution in [0.2, 0.25) is 0 Å². The predicted molar refractivity (Wildman–Crippen MR) is 115 cm³/mol. The lowest BCUT2D eigenvalue weighted by atomic mass is 10.2. The van der Waals surface area contributed by atoms with Gasteiger partial charge in [-0.1, -0.05) is 0 Å². The molecule has 160 valence electrons. The van der Waals surface area contributed by atoms with Crippen LogP contribution in [0.25, 0.3) is 0 Å². The van der Waals surface area contributed by atoms with E-state index in [4.69, 9.17) is 9.47 Å². The van der Waals surface area contributed by atoms with Crippen LogP contribution in [0, 0.1) is 5.82 Å². The van der Waals surface area contributed by atoms with Crippen LogP contribution in [0.15, 0.2) is 53.4 Å². The Morgan fingerprint density at radius 2 is 1.80 bits per heavy atom. The van der Waals surface area contributed by atoms with Gasteiger partial charge in [-0.2, -0.15) is 0 Å². The fraction of sp³-hybridized carbons (Fsp3) is 0.364. The number of anilines is 2. The van der Waals surface area contributed by atoms with Gasteiger partial charge in [-0.15, -0.1) is 11.8 Å². The van der Waals surface area contributed by atoms with Crippen molar-refractivity contribution in [3.63, 3.8) is 0 Å². The van der Waals surface area contributed by atoms with Gasteiger partial charge in [-0.3, -0.25) is 9.59 Å². The number of amides is 1. The Balaban J connectivity index is 1.40. The highest BCUT2D eigenvalue weighted by Gasteiger charge is 2.18. The summed E-state index contributed by atoms with van der Waals surface area (Å²) in [5, 5.41) is 2.76. The van der Waals surface area contributed by atoms with Gasteiger partial charge in [-0.25, -0.2) is 4.39 Å². The summed E-state index contributed by atoms with van der Waals surface area (Å²) < 4.78 is 23.5. The fourth-order valence-electron chi connectivity index (χ4n) is 2.91. The Bertz CT molecular complexity index is 839. The van der Waals surface area contributed by atoms with Crippen LogP contribution < -0.4 is 10.2 Å². The maximum absolute atomic E-state index is 12.9. The van der Waals surface area contributed by atoms with Crippen LogP contribution in [0.1, 0.15) is 13.3 Å². The molecular formula is C22H25FN2O4S. The summed E-state index contributed by atoms with van der Waals surface area (Å²) in [6.45, 7) is 4.66. The van der Waals surface area contributed by atoms with Gasteiger partial charge >= 0.3 is 5.97 Å². The molecule has 0 aromatic heterocycles. The average molecular weight is 433 g/mol. The number of nitrogens with zero attached hydrogens (tertiary/aromatic N) is 1. The molecular weight excluding hydrogens is 407 g/mol. The lowest BCUT2D eigenvalue weighted by Crippen LogP contribution is -2.36. The molecule has 0 bridgehead atoms. The number of thioether (sulfide) groups is 1. The van der Waals surface area contributed by atoms with Crippen LogP contribution in [0.4, 0.5) is 15.8 Å². The zero-order valence-electron chi connectivity index (χ0n) is 16.8. The second-order valence-corrected chi connectivity index (χ2v) is 7.99. The molecule has 0 saturated carbocycles. The van der Waals surface area contributed by atoms with E-state index in [1.165, 1.54) is 23.9 Å². The standard InChI is InChI=1S/C22H25FN2O4S/c1-16(29-21(26)10-15-30-20-8-2-17(23)3-9-20)22(27)24-18-4-6-19(7-5-18)25-11-13-28-14-12-25/h2-9,16H,10-15H2,1H3,(H,24,27). The number of morpholine rings is 1. The van der Waals surface area contributed by atoms with E-state index in [2.05, 4.69) is 10.2 Å². The first-order valence-corrected chi connectivity index (χ1v) is 10.8. The molecule has 3 rings (SSSR count). The van der Waals surface area contributed by atoms with Gasteiger partial charge < -0.3 is 19.7 Å². The monoisotopic (exact) mass is 432 g/mol. The van der Waals surface area contributed by atoms with Gasteiger partial charge in [0.1, 0.15) is 5.82 Å². The number of benzene rings is 2. The van der Waals surface area contributed by atoms with Crippen LogP contribution in [-0.4, -0.2) is 50.0 Å².